The molecule has 0 fully saturated rings. The quantitative estimate of drug-likeness (QED) is 0.406. The third kappa shape index (κ3) is 4.38. The van der Waals surface area contributed by atoms with Crippen molar-refractivity contribution in [2.75, 3.05) is 18.6 Å². The van der Waals surface area contributed by atoms with E-state index in [0.717, 1.165) is 0 Å². The molecule has 9 heteroatoms. The molecule has 0 aliphatic carbocycles. The summed E-state index contributed by atoms with van der Waals surface area (Å²) < 4.78 is 10.8. The maximum absolute atomic E-state index is 12.6. The minimum absolute atomic E-state index is 0.0941. The van der Waals surface area contributed by atoms with Gasteiger partial charge in [0, 0.05) is 12.6 Å². The van der Waals surface area contributed by atoms with Crippen LogP contribution in [-0.4, -0.2) is 43.2 Å². The van der Waals surface area contributed by atoms with E-state index in [1.165, 1.54) is 17.0 Å². The number of nitrogens with zero attached hydrogens (tertiary/aromatic N) is 1. The molecule has 0 unspecified atom stereocenters. The lowest BCUT2D eigenvalue weighted by atomic mass is 10.1. The Morgan fingerprint density at radius 3 is 2.64 bits per heavy atom. The van der Waals surface area contributed by atoms with Crippen LogP contribution in [0.3, 0.4) is 0 Å². The van der Waals surface area contributed by atoms with Gasteiger partial charge >= 0.3 is 6.09 Å². The average molecular weight is 350 g/mol. The van der Waals surface area contributed by atoms with Gasteiger partial charge < -0.3 is 19.7 Å². The first-order valence-corrected chi connectivity index (χ1v) is 7.67. The number of hydrogen-bond acceptors (Lipinski definition) is 6. The standard InChI is InChI=1S/C16H22N4O5/c1-16(2,3)25-15(23)18-10-8-24-12-7-9(13(21)19-17)5-6-11(12)20(4)14(10)22/h5-7,10H,8,17H2,1-4H3,(H,18,23)(H,19,21)/t10-/m0/s1. The zero-order valence-electron chi connectivity index (χ0n) is 14.6. The number of likely N-dealkylation sites (N-methyl/N-ethyl adjacent to an activating group) is 1. The van der Waals surface area contributed by atoms with Gasteiger partial charge in [0.25, 0.3) is 11.8 Å². The molecule has 136 valence electrons. The predicted octanol–water partition coefficient (Wildman–Crippen LogP) is 0.539. The lowest BCUT2D eigenvalue weighted by Crippen LogP contribution is -2.50. The smallest absolute Gasteiger partial charge is 0.408 e. The van der Waals surface area contributed by atoms with Crippen molar-refractivity contribution in [1.29, 1.82) is 0 Å². The zero-order valence-corrected chi connectivity index (χ0v) is 14.6. The Balaban J connectivity index is 2.19. The maximum Gasteiger partial charge on any atom is 0.408 e. The summed E-state index contributed by atoms with van der Waals surface area (Å²) in [7, 11) is 1.56. The van der Waals surface area contributed by atoms with Crippen molar-refractivity contribution in [2.24, 2.45) is 5.84 Å². The van der Waals surface area contributed by atoms with E-state index >= 15 is 0 Å². The van der Waals surface area contributed by atoms with Crippen molar-refractivity contribution >= 4 is 23.6 Å². The number of nitrogen functional groups attached to an aromatic ring is 1. The summed E-state index contributed by atoms with van der Waals surface area (Å²) in [5.41, 5.74) is 2.12. The average Bonchev–Trinajstić information content (AvgIpc) is 2.64. The molecule has 1 heterocycles. The Bertz CT molecular complexity index is 698. The van der Waals surface area contributed by atoms with Crippen LogP contribution in [-0.2, 0) is 9.53 Å². The number of anilines is 1. The van der Waals surface area contributed by atoms with Crippen molar-refractivity contribution in [2.45, 2.75) is 32.4 Å². The number of benzene rings is 1. The van der Waals surface area contributed by atoms with E-state index < -0.39 is 23.6 Å². The SMILES string of the molecule is CN1C(=O)[C@@H](NC(=O)OC(C)(C)C)COc2cc(C(=O)NN)ccc21. The summed E-state index contributed by atoms with van der Waals surface area (Å²) in [6.45, 7) is 5.08. The zero-order chi connectivity index (χ0) is 18.8. The Morgan fingerprint density at radius 2 is 2.04 bits per heavy atom. The van der Waals surface area contributed by atoms with Crippen LogP contribution in [0.4, 0.5) is 10.5 Å². The van der Waals surface area contributed by atoms with Crippen molar-refractivity contribution < 1.29 is 23.9 Å². The van der Waals surface area contributed by atoms with Crippen molar-refractivity contribution in [3.63, 3.8) is 0 Å². The molecule has 2 rings (SSSR count). The molecule has 0 saturated carbocycles. The summed E-state index contributed by atoms with van der Waals surface area (Å²) in [6, 6.07) is 3.67. The Labute approximate surface area is 145 Å². The molecular formula is C16H22N4O5. The van der Waals surface area contributed by atoms with Gasteiger partial charge in [-0.2, -0.15) is 0 Å². The topological polar surface area (TPSA) is 123 Å². The van der Waals surface area contributed by atoms with Crippen molar-refractivity contribution in [1.82, 2.24) is 10.7 Å². The third-order valence-corrected chi connectivity index (χ3v) is 3.44. The fourth-order valence-corrected chi connectivity index (χ4v) is 2.28. The number of fused-ring (bicyclic) bond motifs is 1. The summed E-state index contributed by atoms with van der Waals surface area (Å²) in [5.74, 6) is 4.62. The molecule has 9 nitrogen and oxygen atoms in total. The van der Waals surface area contributed by atoms with Crippen LogP contribution in [0.2, 0.25) is 0 Å². The molecule has 0 aromatic heterocycles. The van der Waals surface area contributed by atoms with Crippen molar-refractivity contribution in [3.05, 3.63) is 23.8 Å². The Kier molecular flexibility index (Phi) is 5.17. The van der Waals surface area contributed by atoms with Gasteiger partial charge in [0.2, 0.25) is 0 Å². The molecule has 0 spiro atoms. The number of alkyl carbamates (subject to hydrolysis) is 1. The number of hydrogen-bond donors (Lipinski definition) is 3. The highest BCUT2D eigenvalue weighted by Gasteiger charge is 2.32. The molecule has 3 amide bonds. The number of nitrogens with one attached hydrogen (secondary N) is 2. The number of carbonyl (C=O) groups is 3. The van der Waals surface area contributed by atoms with Crippen LogP contribution in [0.1, 0.15) is 31.1 Å². The van der Waals surface area contributed by atoms with E-state index in [2.05, 4.69) is 5.32 Å². The van der Waals surface area contributed by atoms with Gasteiger partial charge in [0.15, 0.2) is 0 Å². The molecule has 1 aliphatic heterocycles. The van der Waals surface area contributed by atoms with Gasteiger partial charge in [-0.05, 0) is 39.0 Å². The molecule has 4 N–H and O–H groups in total. The third-order valence-electron chi connectivity index (χ3n) is 3.44. The molecule has 1 atom stereocenters. The van der Waals surface area contributed by atoms with Crippen LogP contribution in [0, 0.1) is 0 Å². The molecule has 1 aliphatic rings. The Hall–Kier alpha value is -2.81. The molecule has 0 saturated heterocycles. The highest BCUT2D eigenvalue weighted by Crippen LogP contribution is 2.31. The maximum atomic E-state index is 12.6. The molecule has 1 aromatic carbocycles. The molecule has 0 radical (unpaired) electrons. The van der Waals surface area contributed by atoms with Gasteiger partial charge in [-0.1, -0.05) is 0 Å². The van der Waals surface area contributed by atoms with E-state index in [9.17, 15) is 14.4 Å². The van der Waals surface area contributed by atoms with Crippen LogP contribution in [0.25, 0.3) is 0 Å². The predicted molar refractivity (Wildman–Crippen MR) is 90.2 cm³/mol. The lowest BCUT2D eigenvalue weighted by molar-refractivity contribution is -0.120. The number of ether oxygens (including phenoxy) is 2. The minimum atomic E-state index is -0.918. The van der Waals surface area contributed by atoms with E-state index in [-0.39, 0.29) is 12.5 Å². The van der Waals surface area contributed by atoms with E-state index in [1.54, 1.807) is 33.9 Å². The van der Waals surface area contributed by atoms with Crippen LogP contribution < -0.4 is 26.2 Å². The number of rotatable bonds is 2. The van der Waals surface area contributed by atoms with Crippen LogP contribution >= 0.6 is 0 Å². The fourth-order valence-electron chi connectivity index (χ4n) is 2.28. The second-order valence-electron chi connectivity index (χ2n) is 6.56. The highest BCUT2D eigenvalue weighted by atomic mass is 16.6. The van der Waals surface area contributed by atoms with Crippen LogP contribution in [0.15, 0.2) is 18.2 Å². The first-order valence-electron chi connectivity index (χ1n) is 7.67. The van der Waals surface area contributed by atoms with E-state index in [0.29, 0.717) is 17.0 Å². The van der Waals surface area contributed by atoms with E-state index in [1.807, 2.05) is 5.43 Å². The van der Waals surface area contributed by atoms with Gasteiger partial charge in [-0.3, -0.25) is 15.0 Å². The number of hydrazine groups is 1. The van der Waals surface area contributed by atoms with E-state index in [4.69, 9.17) is 15.3 Å². The molecule has 0 bridgehead atoms. The molecular weight excluding hydrogens is 328 g/mol. The van der Waals surface area contributed by atoms with Gasteiger partial charge in [0.05, 0.1) is 5.69 Å². The summed E-state index contributed by atoms with van der Waals surface area (Å²) in [5, 5.41) is 2.50. The molecule has 1 aromatic rings. The number of nitrogens with two attached hydrogens (primary N) is 1. The van der Waals surface area contributed by atoms with Crippen LogP contribution in [0.5, 0.6) is 5.75 Å². The monoisotopic (exact) mass is 350 g/mol. The first kappa shape index (κ1) is 18.5. The normalized spacial score (nSPS) is 17.1. The number of carbonyl (C=O) groups excluding carboxylic acids is 3. The minimum Gasteiger partial charge on any atom is -0.489 e. The first-order chi connectivity index (χ1) is 11.6. The second kappa shape index (κ2) is 6.98. The van der Waals surface area contributed by atoms with Gasteiger partial charge in [0.1, 0.15) is 24.0 Å². The summed E-state index contributed by atoms with van der Waals surface area (Å²) in [6.07, 6.45) is -0.711. The summed E-state index contributed by atoms with van der Waals surface area (Å²) >= 11 is 0. The second-order valence-corrected chi connectivity index (χ2v) is 6.56. The number of amides is 3. The van der Waals surface area contributed by atoms with Crippen molar-refractivity contribution in [3.8, 4) is 5.75 Å². The largest absolute Gasteiger partial charge is 0.489 e. The van der Waals surface area contributed by atoms with Gasteiger partial charge in [-0.15, -0.1) is 0 Å². The lowest BCUT2D eigenvalue weighted by Gasteiger charge is -2.23. The highest BCUT2D eigenvalue weighted by molar-refractivity contribution is 6.01. The summed E-state index contributed by atoms with van der Waals surface area (Å²) in [4.78, 5) is 37.5. The molecule has 25 heavy (non-hydrogen) atoms. The fraction of sp³-hybridized carbons (Fsp3) is 0.438. The Morgan fingerprint density at radius 1 is 1.36 bits per heavy atom. The van der Waals surface area contributed by atoms with Gasteiger partial charge in [-0.25, -0.2) is 10.6 Å².